The average molecular weight is 757 g/mol. The Balaban J connectivity index is 1.09. The third kappa shape index (κ3) is 5.25. The number of fused-ring (bicyclic) bond motifs is 8. The zero-order valence-electron chi connectivity index (χ0n) is 31.2. The second-order valence-electron chi connectivity index (χ2n) is 14.8. The molecule has 270 valence electrons. The molecule has 0 bridgehead atoms. The maximum atomic E-state index is 5.30. The first-order valence-corrected chi connectivity index (χ1v) is 20.3. The molecule has 5 heteroatoms. The van der Waals surface area contributed by atoms with Crippen molar-refractivity contribution in [3.63, 3.8) is 0 Å². The van der Waals surface area contributed by atoms with Crippen LogP contribution in [0.25, 0.3) is 115 Å². The van der Waals surface area contributed by atoms with E-state index in [4.69, 9.17) is 15.0 Å². The zero-order valence-corrected chi connectivity index (χ0v) is 32.0. The van der Waals surface area contributed by atoms with E-state index in [1.807, 2.05) is 17.4 Å². The monoisotopic (exact) mass is 756 g/mol. The van der Waals surface area contributed by atoms with E-state index < -0.39 is 0 Å². The summed E-state index contributed by atoms with van der Waals surface area (Å²) in [6.45, 7) is 0. The van der Waals surface area contributed by atoms with Crippen LogP contribution >= 0.6 is 11.3 Å². The van der Waals surface area contributed by atoms with Gasteiger partial charge >= 0.3 is 0 Å². The summed E-state index contributed by atoms with van der Waals surface area (Å²) in [5.41, 5.74) is 8.57. The molecule has 12 rings (SSSR count). The normalized spacial score (nSPS) is 11.8. The molecule has 0 saturated carbocycles. The van der Waals surface area contributed by atoms with Gasteiger partial charge in [-0.25, -0.2) is 15.0 Å². The summed E-state index contributed by atoms with van der Waals surface area (Å²) < 4.78 is 4.94. The number of para-hydroxylation sites is 1. The van der Waals surface area contributed by atoms with Crippen molar-refractivity contribution >= 4 is 74.9 Å². The Kier molecular flexibility index (Phi) is 7.37. The van der Waals surface area contributed by atoms with Gasteiger partial charge in [-0.1, -0.05) is 133 Å². The van der Waals surface area contributed by atoms with Crippen molar-refractivity contribution in [1.82, 2.24) is 19.5 Å². The molecule has 0 radical (unpaired) electrons. The number of nitrogens with zero attached hydrogens (tertiary/aromatic N) is 4. The van der Waals surface area contributed by atoms with Crippen LogP contribution in [0.15, 0.2) is 194 Å². The molecule has 0 aliphatic heterocycles. The van der Waals surface area contributed by atoms with E-state index in [1.165, 1.54) is 52.8 Å². The highest BCUT2D eigenvalue weighted by Gasteiger charge is 2.20. The van der Waals surface area contributed by atoms with Crippen molar-refractivity contribution in [1.29, 1.82) is 0 Å². The van der Waals surface area contributed by atoms with E-state index in [0.29, 0.717) is 17.5 Å². The fraction of sp³-hybridized carbons (Fsp3) is 0. The van der Waals surface area contributed by atoms with Crippen LogP contribution in [0, 0.1) is 0 Å². The van der Waals surface area contributed by atoms with Gasteiger partial charge in [0.05, 0.1) is 16.7 Å². The molecule has 58 heavy (non-hydrogen) atoms. The zero-order chi connectivity index (χ0) is 38.2. The Bertz CT molecular complexity index is 3580. The maximum absolute atomic E-state index is 5.30. The Morgan fingerprint density at radius 2 is 0.948 bits per heavy atom. The molecule has 3 aromatic heterocycles. The van der Waals surface area contributed by atoms with Crippen LogP contribution in [0.1, 0.15) is 0 Å². The molecule has 3 heterocycles. The Morgan fingerprint density at radius 3 is 1.79 bits per heavy atom. The van der Waals surface area contributed by atoms with Crippen molar-refractivity contribution in [3.05, 3.63) is 194 Å². The van der Waals surface area contributed by atoms with Crippen LogP contribution in [0.3, 0.4) is 0 Å². The molecule has 0 aliphatic carbocycles. The van der Waals surface area contributed by atoms with Gasteiger partial charge in [-0.15, -0.1) is 11.3 Å². The molecule has 0 unspecified atom stereocenters. The van der Waals surface area contributed by atoms with Gasteiger partial charge < -0.3 is 4.57 Å². The molecule has 0 aliphatic rings. The highest BCUT2D eigenvalue weighted by Crippen LogP contribution is 2.40. The van der Waals surface area contributed by atoms with Gasteiger partial charge in [-0.2, -0.15) is 0 Å². The van der Waals surface area contributed by atoms with E-state index in [0.717, 1.165) is 44.3 Å². The molecule has 4 nitrogen and oxygen atoms in total. The van der Waals surface area contributed by atoms with Crippen LogP contribution in [-0.4, -0.2) is 19.5 Å². The fourth-order valence-corrected chi connectivity index (χ4v) is 9.76. The average Bonchev–Trinajstić information content (AvgIpc) is 3.83. The lowest BCUT2D eigenvalue weighted by Gasteiger charge is -2.15. The molecule has 0 fully saturated rings. The van der Waals surface area contributed by atoms with Crippen molar-refractivity contribution < 1.29 is 0 Å². The minimum atomic E-state index is 0.635. The number of hydrogen-bond donors (Lipinski definition) is 0. The van der Waals surface area contributed by atoms with Gasteiger partial charge in [-0.05, 0) is 87.9 Å². The van der Waals surface area contributed by atoms with Gasteiger partial charge in [0.1, 0.15) is 0 Å². The fourth-order valence-electron chi connectivity index (χ4n) is 8.68. The molecule has 0 amide bonds. The van der Waals surface area contributed by atoms with Crippen molar-refractivity contribution in [2.45, 2.75) is 0 Å². The second-order valence-corrected chi connectivity index (χ2v) is 15.9. The second kappa shape index (κ2) is 13.1. The molecular formula is C53H32N4S. The molecule has 0 N–H and O–H groups in total. The van der Waals surface area contributed by atoms with E-state index in [9.17, 15) is 0 Å². The Hall–Kier alpha value is -7.47. The Morgan fingerprint density at radius 1 is 0.328 bits per heavy atom. The lowest BCUT2D eigenvalue weighted by molar-refractivity contribution is 1.08. The minimum Gasteiger partial charge on any atom is -0.309 e. The van der Waals surface area contributed by atoms with Crippen LogP contribution in [0.4, 0.5) is 0 Å². The van der Waals surface area contributed by atoms with E-state index >= 15 is 0 Å². The molecule has 0 spiro atoms. The third-order valence-electron chi connectivity index (χ3n) is 11.4. The van der Waals surface area contributed by atoms with Gasteiger partial charge in [0.25, 0.3) is 0 Å². The van der Waals surface area contributed by atoms with Gasteiger partial charge in [-0.3, -0.25) is 0 Å². The molecule has 12 aromatic rings. The third-order valence-corrected chi connectivity index (χ3v) is 12.6. The smallest absolute Gasteiger partial charge is 0.164 e. The summed E-state index contributed by atoms with van der Waals surface area (Å²) in [6.07, 6.45) is 0. The molecule has 0 saturated heterocycles. The summed E-state index contributed by atoms with van der Waals surface area (Å²) in [6, 6.07) is 69.2. The number of aromatic nitrogens is 4. The standard InChI is InChI=1S/C53H32N4S/c1-2-13-33(14-3-1)34-17-12-18-37(29-34)51-54-52(38-25-28-50-45(31-38)42-22-9-11-24-49(42)58-50)56-53(55-51)43-26-27-47(40-20-7-6-19-39(40)43)57-46-23-10-8-21-41(46)44-30-35-15-4-5-16-36(35)32-48(44)57/h1-32H. The van der Waals surface area contributed by atoms with E-state index in [2.05, 4.69) is 193 Å². The van der Waals surface area contributed by atoms with E-state index in [-0.39, 0.29) is 0 Å². The summed E-state index contributed by atoms with van der Waals surface area (Å²) >= 11 is 1.81. The number of benzene rings is 9. The van der Waals surface area contributed by atoms with Crippen LogP contribution in [0.2, 0.25) is 0 Å². The van der Waals surface area contributed by atoms with Gasteiger partial charge in [0.15, 0.2) is 17.5 Å². The Labute approximate surface area is 338 Å². The first-order valence-electron chi connectivity index (χ1n) is 19.5. The predicted molar refractivity (Wildman–Crippen MR) is 244 cm³/mol. The summed E-state index contributed by atoms with van der Waals surface area (Å²) in [7, 11) is 0. The number of hydrogen-bond acceptors (Lipinski definition) is 4. The summed E-state index contributed by atoms with van der Waals surface area (Å²) in [5, 5.41) is 9.58. The van der Waals surface area contributed by atoms with E-state index in [1.54, 1.807) is 0 Å². The first kappa shape index (κ1) is 32.7. The van der Waals surface area contributed by atoms with Gasteiger partial charge in [0, 0.05) is 53.0 Å². The molecule has 9 aromatic carbocycles. The lowest BCUT2D eigenvalue weighted by Crippen LogP contribution is -2.02. The van der Waals surface area contributed by atoms with Gasteiger partial charge in [0.2, 0.25) is 0 Å². The largest absolute Gasteiger partial charge is 0.309 e. The van der Waals surface area contributed by atoms with Crippen molar-refractivity contribution in [3.8, 4) is 51.0 Å². The molecule has 0 atom stereocenters. The summed E-state index contributed by atoms with van der Waals surface area (Å²) in [5.74, 6) is 1.91. The van der Waals surface area contributed by atoms with Crippen LogP contribution < -0.4 is 0 Å². The van der Waals surface area contributed by atoms with Crippen LogP contribution in [-0.2, 0) is 0 Å². The first-order chi connectivity index (χ1) is 28.7. The number of thiophene rings is 1. The minimum absolute atomic E-state index is 0.635. The highest BCUT2D eigenvalue weighted by atomic mass is 32.1. The lowest BCUT2D eigenvalue weighted by atomic mass is 10.0. The number of rotatable bonds is 5. The topological polar surface area (TPSA) is 43.6 Å². The SMILES string of the molecule is c1ccc(-c2cccc(-c3nc(-c4ccc5sc6ccccc6c5c4)nc(-c4ccc(-n5c6ccccc6c6cc7ccccc7cc65)c5ccccc45)n3)c2)cc1. The van der Waals surface area contributed by atoms with Crippen LogP contribution in [0.5, 0.6) is 0 Å². The summed E-state index contributed by atoms with van der Waals surface area (Å²) in [4.78, 5) is 15.8. The molecular weight excluding hydrogens is 725 g/mol. The predicted octanol–water partition coefficient (Wildman–Crippen LogP) is 14.3. The quantitative estimate of drug-likeness (QED) is 0.176. The van der Waals surface area contributed by atoms with Crippen molar-refractivity contribution in [2.75, 3.05) is 0 Å². The van der Waals surface area contributed by atoms with Crippen molar-refractivity contribution in [2.24, 2.45) is 0 Å². The highest BCUT2D eigenvalue weighted by molar-refractivity contribution is 7.25. The maximum Gasteiger partial charge on any atom is 0.164 e.